The van der Waals surface area contributed by atoms with Crippen LogP contribution < -0.4 is 10.5 Å². The minimum Gasteiger partial charge on any atom is -0.481 e. The Balaban J connectivity index is 1.71. The Bertz CT molecular complexity index is 1220. The van der Waals surface area contributed by atoms with Crippen molar-refractivity contribution in [2.45, 2.75) is 31.8 Å². The molecule has 13 heteroatoms. The van der Waals surface area contributed by atoms with Crippen molar-refractivity contribution in [3.8, 4) is 5.75 Å². The molecule has 1 aromatic heterocycles. The van der Waals surface area contributed by atoms with Crippen molar-refractivity contribution in [1.29, 1.82) is 5.41 Å². The normalized spacial score (nSPS) is 16.7. The smallest absolute Gasteiger partial charge is 0.353 e. The second kappa shape index (κ2) is 11.7. The highest BCUT2D eigenvalue weighted by molar-refractivity contribution is 7.13. The highest BCUT2D eigenvalue weighted by atomic mass is 32.1. The molecular weight excluding hydrogens is 495 g/mol. The molecule has 36 heavy (non-hydrogen) atoms. The van der Waals surface area contributed by atoms with Crippen molar-refractivity contribution < 1.29 is 39.9 Å². The fourth-order valence-electron chi connectivity index (χ4n) is 3.68. The summed E-state index contributed by atoms with van der Waals surface area (Å²) in [6.45, 7) is -1.61. The van der Waals surface area contributed by atoms with E-state index < -0.39 is 55.2 Å². The molecule has 1 saturated heterocycles. The summed E-state index contributed by atoms with van der Waals surface area (Å²) in [6, 6.07) is 5.61. The van der Waals surface area contributed by atoms with Crippen molar-refractivity contribution >= 4 is 41.0 Å². The number of thiophene rings is 1. The van der Waals surface area contributed by atoms with Crippen molar-refractivity contribution in [3.63, 3.8) is 0 Å². The topological polar surface area (TPSA) is 174 Å². The first-order chi connectivity index (χ1) is 17.5. The Labute approximate surface area is 210 Å². The highest BCUT2D eigenvalue weighted by Gasteiger charge is 2.34. The lowest BCUT2D eigenvalue weighted by molar-refractivity contribution is -0.148. The molecule has 1 aromatic carbocycles. The van der Waals surface area contributed by atoms with Gasteiger partial charge in [-0.3, -0.25) is 24.7 Å². The first-order valence-electron chi connectivity index (χ1n) is 11.4. The average molecular weight is 522 g/mol. The lowest BCUT2D eigenvalue weighted by Gasteiger charge is -2.29. The van der Waals surface area contributed by atoms with Crippen molar-refractivity contribution in [2.75, 3.05) is 19.6 Å². The molecule has 0 spiro atoms. The molecule has 2 atom stereocenters. The lowest BCUT2D eigenvalue weighted by Crippen LogP contribution is -2.47. The second-order valence-corrected chi connectivity index (χ2v) is 9.09. The van der Waals surface area contributed by atoms with Crippen LogP contribution in [0.1, 0.15) is 40.7 Å². The van der Waals surface area contributed by atoms with E-state index in [1.54, 1.807) is 4.90 Å². The van der Waals surface area contributed by atoms with E-state index in [1.165, 1.54) is 24.3 Å². The van der Waals surface area contributed by atoms with Crippen LogP contribution in [0.25, 0.3) is 0 Å². The fourth-order valence-corrected chi connectivity index (χ4v) is 4.52. The summed E-state index contributed by atoms with van der Waals surface area (Å²) in [5.74, 6) is -5.43. The Hall–Kier alpha value is -3.84. The largest absolute Gasteiger partial charge is 0.481 e. The van der Waals surface area contributed by atoms with Crippen LogP contribution >= 0.6 is 11.3 Å². The van der Waals surface area contributed by atoms with Gasteiger partial charge in [-0.25, -0.2) is 9.18 Å². The van der Waals surface area contributed by atoms with Crippen LogP contribution in [0.4, 0.5) is 4.39 Å². The maximum Gasteiger partial charge on any atom is 0.353 e. The number of benzene rings is 1. The molecule has 0 radical (unpaired) electrons. The Morgan fingerprint density at radius 1 is 1.25 bits per heavy atom. The highest BCUT2D eigenvalue weighted by Crippen LogP contribution is 2.27. The van der Waals surface area contributed by atoms with Crippen LogP contribution in [-0.4, -0.2) is 75.3 Å². The van der Waals surface area contributed by atoms with E-state index in [0.29, 0.717) is 24.3 Å². The quantitative estimate of drug-likeness (QED) is 0.149. The zero-order valence-electron chi connectivity index (χ0n) is 20.0. The van der Waals surface area contributed by atoms with Crippen LogP contribution in [0.5, 0.6) is 5.75 Å². The monoisotopic (exact) mass is 521 g/mol. The number of hydrogen-bond donors (Lipinski definition) is 4. The number of esters is 1. The number of nitrogens with one attached hydrogen (secondary N) is 1. The molecule has 1 fully saturated rings. The second-order valence-electron chi connectivity index (χ2n) is 7.97. The molecule has 11 nitrogen and oxygen atoms in total. The minimum atomic E-state index is -1.28. The molecule has 0 aliphatic carbocycles. The van der Waals surface area contributed by atoms with Gasteiger partial charge >= 0.3 is 17.9 Å². The van der Waals surface area contributed by atoms with E-state index in [2.05, 4.69) is 0 Å². The van der Waals surface area contributed by atoms with Gasteiger partial charge in [0.25, 0.3) is 0 Å². The number of aliphatic carboxylic acids is 2. The van der Waals surface area contributed by atoms with Gasteiger partial charge < -0.3 is 25.6 Å². The molecule has 3 rings (SSSR count). The standard InChI is InChI=1S/C23H25FN4O7S/c24-15-10-13(21(25)26)3-5-17(15)35-23(34)18-6-4-14(36-18)11-27-8-1-2-16(27)22(33)28(12-20(31)32)9-7-19(29)30/h3-6,10,16H,1-2,7-9,11-12H2,(H3,25,26)(H,29,30)(H,31,32)/t16-/m0/s1/i11D/t11?,16-. The number of carboxylic acid groups (broad SMARTS) is 2. The summed E-state index contributed by atoms with van der Waals surface area (Å²) in [6.07, 6.45) is 0.527. The van der Waals surface area contributed by atoms with Crippen LogP contribution in [0.2, 0.25) is 0 Å². The third-order valence-electron chi connectivity index (χ3n) is 5.38. The van der Waals surface area contributed by atoms with E-state index in [4.69, 9.17) is 27.5 Å². The van der Waals surface area contributed by atoms with Crippen LogP contribution in [0.3, 0.4) is 0 Å². The fraction of sp³-hybridized carbons (Fsp3) is 0.348. The van der Waals surface area contributed by atoms with Crippen LogP contribution in [0, 0.1) is 11.2 Å². The number of halogens is 1. The number of rotatable bonds is 11. The van der Waals surface area contributed by atoms with Crippen LogP contribution in [-0.2, 0) is 20.9 Å². The number of carboxylic acids is 2. The summed E-state index contributed by atoms with van der Waals surface area (Å²) in [7, 11) is 0. The molecule has 5 N–H and O–H groups in total. The lowest BCUT2D eigenvalue weighted by atomic mass is 10.1. The van der Waals surface area contributed by atoms with Gasteiger partial charge in [-0.15, -0.1) is 11.3 Å². The number of nitrogens with zero attached hydrogens (tertiary/aromatic N) is 2. The predicted molar refractivity (Wildman–Crippen MR) is 127 cm³/mol. The summed E-state index contributed by atoms with van der Waals surface area (Å²) in [5.41, 5.74) is 5.45. The van der Waals surface area contributed by atoms with Gasteiger partial charge in [0.05, 0.1) is 12.5 Å². The number of hydrogen-bond acceptors (Lipinski definition) is 8. The van der Waals surface area contributed by atoms with E-state index in [0.717, 1.165) is 22.3 Å². The van der Waals surface area contributed by atoms with Gasteiger partial charge in [-0.2, -0.15) is 0 Å². The van der Waals surface area contributed by atoms with Gasteiger partial charge in [0.1, 0.15) is 17.3 Å². The zero-order valence-corrected chi connectivity index (χ0v) is 19.8. The van der Waals surface area contributed by atoms with E-state index in [-0.39, 0.29) is 28.6 Å². The van der Waals surface area contributed by atoms with Crippen molar-refractivity contribution in [3.05, 3.63) is 51.5 Å². The SMILES string of the molecule is [2H]C(c1ccc(C(=O)Oc2ccc(C(=N)N)cc2F)s1)N1CCC[C@H]1C(=O)N(CCC(=O)O)CC(=O)O. The van der Waals surface area contributed by atoms with Gasteiger partial charge in [0.15, 0.2) is 11.6 Å². The number of nitrogens with two attached hydrogens (primary N) is 1. The molecule has 2 heterocycles. The Kier molecular flexibility index (Phi) is 8.23. The molecule has 0 bridgehead atoms. The first kappa shape index (κ1) is 25.3. The number of ether oxygens (including phenoxy) is 1. The first-order valence-corrected chi connectivity index (χ1v) is 11.7. The van der Waals surface area contributed by atoms with Gasteiger partial charge in [-0.05, 0) is 49.7 Å². The summed E-state index contributed by atoms with van der Waals surface area (Å²) in [4.78, 5) is 50.8. The third kappa shape index (κ3) is 6.86. The van der Waals surface area contributed by atoms with E-state index in [1.807, 2.05) is 0 Å². The van der Waals surface area contributed by atoms with Crippen molar-refractivity contribution in [2.24, 2.45) is 5.73 Å². The number of amides is 1. The third-order valence-corrected chi connectivity index (χ3v) is 6.38. The van der Waals surface area contributed by atoms with Gasteiger partial charge in [0.2, 0.25) is 5.91 Å². The van der Waals surface area contributed by atoms with Crippen LogP contribution in [0.15, 0.2) is 30.3 Å². The number of carbonyl (C=O) groups is 4. The predicted octanol–water partition coefficient (Wildman–Crippen LogP) is 1.74. The maximum atomic E-state index is 14.2. The molecule has 1 aliphatic heterocycles. The van der Waals surface area contributed by atoms with Gasteiger partial charge in [0, 0.05) is 24.9 Å². The average Bonchev–Trinajstić information content (AvgIpc) is 3.52. The van der Waals surface area contributed by atoms with E-state index in [9.17, 15) is 23.6 Å². The van der Waals surface area contributed by atoms with Crippen molar-refractivity contribution in [1.82, 2.24) is 9.80 Å². The molecule has 1 amide bonds. The zero-order chi connectivity index (χ0) is 27.3. The molecular formula is C23H25FN4O7S. The maximum absolute atomic E-state index is 14.2. The Morgan fingerprint density at radius 3 is 2.64 bits per heavy atom. The number of likely N-dealkylation sites (tertiary alicyclic amines) is 1. The molecule has 0 saturated carbocycles. The number of nitrogen functional groups attached to an aromatic ring is 1. The molecule has 192 valence electrons. The van der Waals surface area contributed by atoms with Gasteiger partial charge in [-0.1, -0.05) is 0 Å². The summed E-state index contributed by atoms with van der Waals surface area (Å²) in [5, 5.41) is 25.4. The molecule has 1 unspecified atom stereocenters. The molecule has 2 aromatic rings. The minimum absolute atomic E-state index is 0.0957. The number of carbonyl (C=O) groups excluding carboxylic acids is 2. The summed E-state index contributed by atoms with van der Waals surface area (Å²) >= 11 is 0.939. The molecule has 1 aliphatic rings. The Morgan fingerprint density at radius 2 is 2.00 bits per heavy atom. The summed E-state index contributed by atoms with van der Waals surface area (Å²) < 4.78 is 28.0. The number of amidine groups is 1. The van der Waals surface area contributed by atoms with E-state index >= 15 is 0 Å².